The Hall–Kier alpha value is -1.12. The lowest BCUT2D eigenvalue weighted by atomic mass is 10.3. The van der Waals surface area contributed by atoms with Gasteiger partial charge in [0, 0.05) is 17.6 Å². The molecule has 1 aliphatic rings. The van der Waals surface area contributed by atoms with Crippen LogP contribution in [0.2, 0.25) is 0 Å². The van der Waals surface area contributed by atoms with Gasteiger partial charge in [-0.2, -0.15) is 4.31 Å². The second-order valence-electron chi connectivity index (χ2n) is 4.34. The Morgan fingerprint density at radius 1 is 1.40 bits per heavy atom. The molecule has 1 aromatic rings. The number of carbonyl (C=O) groups is 1. The number of nitrogens with zero attached hydrogens (tertiary/aromatic N) is 1. The topological polar surface area (TPSA) is 75.7 Å². The van der Waals surface area contributed by atoms with Crippen molar-refractivity contribution in [3.63, 3.8) is 0 Å². The smallest absolute Gasteiger partial charge is 0.247 e. The van der Waals surface area contributed by atoms with Crippen molar-refractivity contribution in [2.75, 3.05) is 26.7 Å². The fourth-order valence-electron chi connectivity index (χ4n) is 1.97. The minimum Gasteiger partial charge on any atom is -0.495 e. The average molecular weight is 363 g/mol. The molecule has 0 unspecified atom stereocenters. The number of amides is 1. The molecule has 2 rings (SSSR count). The maximum atomic E-state index is 12.7. The fraction of sp³-hybridized carbons (Fsp3) is 0.417. The van der Waals surface area contributed by atoms with E-state index in [1.165, 1.54) is 17.5 Å². The van der Waals surface area contributed by atoms with Gasteiger partial charge in [0.05, 0.1) is 13.7 Å². The molecule has 1 aliphatic heterocycles. The van der Waals surface area contributed by atoms with E-state index in [1.54, 1.807) is 12.1 Å². The summed E-state index contributed by atoms with van der Waals surface area (Å²) in [6.45, 7) is 0.620. The zero-order chi connectivity index (χ0) is 14.8. The molecule has 110 valence electrons. The van der Waals surface area contributed by atoms with Crippen LogP contribution < -0.4 is 10.1 Å². The number of hydrogen-bond donors (Lipinski definition) is 1. The third kappa shape index (κ3) is 3.13. The number of benzene rings is 1. The first-order valence-corrected chi connectivity index (χ1v) is 8.29. The van der Waals surface area contributed by atoms with Gasteiger partial charge in [-0.1, -0.05) is 15.9 Å². The lowest BCUT2D eigenvalue weighted by molar-refractivity contribution is -0.120. The number of rotatable bonds is 3. The third-order valence-corrected chi connectivity index (χ3v) is 5.33. The number of ether oxygens (including phenoxy) is 1. The summed E-state index contributed by atoms with van der Waals surface area (Å²) in [4.78, 5) is 11.6. The molecule has 0 spiro atoms. The van der Waals surface area contributed by atoms with Crippen molar-refractivity contribution in [2.45, 2.75) is 11.3 Å². The number of carbonyl (C=O) groups excluding carboxylic acids is 1. The van der Waals surface area contributed by atoms with Gasteiger partial charge in [0.25, 0.3) is 0 Å². The molecule has 1 aromatic carbocycles. The Balaban J connectivity index is 2.43. The van der Waals surface area contributed by atoms with E-state index < -0.39 is 10.0 Å². The molecular formula is C12H15BrN2O4S. The number of methoxy groups -OCH3 is 1. The monoisotopic (exact) mass is 362 g/mol. The SMILES string of the molecule is COc1ccc(Br)cc1S(=O)(=O)N1CCCNC(=O)C1. The van der Waals surface area contributed by atoms with Crippen molar-refractivity contribution in [1.29, 1.82) is 0 Å². The zero-order valence-corrected chi connectivity index (χ0v) is 13.3. The van der Waals surface area contributed by atoms with Gasteiger partial charge in [-0.25, -0.2) is 8.42 Å². The average Bonchev–Trinajstić information content (AvgIpc) is 2.64. The quantitative estimate of drug-likeness (QED) is 0.868. The van der Waals surface area contributed by atoms with Gasteiger partial charge in [-0.3, -0.25) is 4.79 Å². The summed E-state index contributed by atoms with van der Waals surface area (Å²) in [5, 5.41) is 2.65. The van der Waals surface area contributed by atoms with E-state index >= 15 is 0 Å². The molecule has 0 bridgehead atoms. The molecule has 1 fully saturated rings. The van der Waals surface area contributed by atoms with Crippen LogP contribution in [-0.4, -0.2) is 45.4 Å². The Morgan fingerprint density at radius 2 is 2.15 bits per heavy atom. The van der Waals surface area contributed by atoms with Crippen LogP contribution >= 0.6 is 15.9 Å². The summed E-state index contributed by atoms with van der Waals surface area (Å²) in [5.74, 6) is -0.0297. The molecule has 1 saturated heterocycles. The van der Waals surface area contributed by atoms with Crippen LogP contribution in [0.15, 0.2) is 27.6 Å². The van der Waals surface area contributed by atoms with Gasteiger partial charge < -0.3 is 10.1 Å². The molecule has 6 nitrogen and oxygen atoms in total. The molecular weight excluding hydrogens is 348 g/mol. The minimum absolute atomic E-state index is 0.0593. The summed E-state index contributed by atoms with van der Waals surface area (Å²) in [7, 11) is -2.35. The highest BCUT2D eigenvalue weighted by Crippen LogP contribution is 2.29. The van der Waals surface area contributed by atoms with Gasteiger partial charge in [0.1, 0.15) is 10.6 Å². The Bertz CT molecular complexity index is 618. The maximum Gasteiger partial charge on any atom is 0.247 e. The third-order valence-electron chi connectivity index (χ3n) is 2.97. The summed E-state index contributed by atoms with van der Waals surface area (Å²) in [6, 6.07) is 4.76. The van der Waals surface area contributed by atoms with Gasteiger partial charge in [-0.05, 0) is 24.6 Å². The van der Waals surface area contributed by atoms with E-state index in [4.69, 9.17) is 4.74 Å². The van der Waals surface area contributed by atoms with E-state index in [1.807, 2.05) is 0 Å². The number of hydrogen-bond acceptors (Lipinski definition) is 4. The second kappa shape index (κ2) is 6.11. The second-order valence-corrected chi connectivity index (χ2v) is 7.16. The molecule has 0 aliphatic carbocycles. The highest BCUT2D eigenvalue weighted by atomic mass is 79.9. The predicted molar refractivity (Wildman–Crippen MR) is 77.1 cm³/mol. The van der Waals surface area contributed by atoms with Crippen LogP contribution in [0.5, 0.6) is 5.75 Å². The fourth-order valence-corrected chi connectivity index (χ4v) is 4.10. The van der Waals surface area contributed by atoms with E-state index in [-0.39, 0.29) is 23.1 Å². The molecule has 1 heterocycles. The molecule has 0 saturated carbocycles. The van der Waals surface area contributed by atoms with Crippen LogP contribution in [-0.2, 0) is 14.8 Å². The van der Waals surface area contributed by atoms with Gasteiger partial charge >= 0.3 is 0 Å². The summed E-state index contributed by atoms with van der Waals surface area (Å²) in [6.07, 6.45) is 0.585. The van der Waals surface area contributed by atoms with E-state index in [0.717, 1.165) is 0 Å². The van der Waals surface area contributed by atoms with Gasteiger partial charge in [-0.15, -0.1) is 0 Å². The first kappa shape index (κ1) is 15.3. The van der Waals surface area contributed by atoms with Crippen LogP contribution in [0.3, 0.4) is 0 Å². The maximum absolute atomic E-state index is 12.7. The van der Waals surface area contributed by atoms with E-state index in [9.17, 15) is 13.2 Å². The van der Waals surface area contributed by atoms with Crippen molar-refractivity contribution in [2.24, 2.45) is 0 Å². The lowest BCUT2D eigenvalue weighted by Crippen LogP contribution is -2.37. The highest BCUT2D eigenvalue weighted by molar-refractivity contribution is 9.10. The highest BCUT2D eigenvalue weighted by Gasteiger charge is 2.30. The van der Waals surface area contributed by atoms with Crippen LogP contribution in [0, 0.1) is 0 Å². The first-order chi connectivity index (χ1) is 9.45. The summed E-state index contributed by atoms with van der Waals surface area (Å²) < 4.78 is 32.2. The lowest BCUT2D eigenvalue weighted by Gasteiger charge is -2.20. The summed E-state index contributed by atoms with van der Waals surface area (Å²) >= 11 is 3.25. The number of sulfonamides is 1. The molecule has 20 heavy (non-hydrogen) atoms. The molecule has 8 heteroatoms. The van der Waals surface area contributed by atoms with Crippen LogP contribution in [0.1, 0.15) is 6.42 Å². The molecule has 0 aromatic heterocycles. The van der Waals surface area contributed by atoms with Crippen molar-refractivity contribution in [3.05, 3.63) is 22.7 Å². The van der Waals surface area contributed by atoms with Crippen molar-refractivity contribution in [3.8, 4) is 5.75 Å². The Labute approximate surface area is 126 Å². The van der Waals surface area contributed by atoms with Crippen molar-refractivity contribution < 1.29 is 17.9 Å². The van der Waals surface area contributed by atoms with Gasteiger partial charge in [0.2, 0.25) is 15.9 Å². The Morgan fingerprint density at radius 3 is 2.85 bits per heavy atom. The Kier molecular flexibility index (Phi) is 4.66. The van der Waals surface area contributed by atoms with E-state index in [0.29, 0.717) is 24.0 Å². The normalized spacial score (nSPS) is 17.4. The standard InChI is InChI=1S/C12H15BrN2O4S/c1-19-10-4-3-9(13)7-11(10)20(17,18)15-6-2-5-14-12(16)8-15/h3-4,7H,2,5-6,8H2,1H3,(H,14,16). The largest absolute Gasteiger partial charge is 0.495 e. The first-order valence-electron chi connectivity index (χ1n) is 6.05. The molecule has 1 amide bonds. The summed E-state index contributed by atoms with van der Waals surface area (Å²) in [5.41, 5.74) is 0. The molecule has 0 radical (unpaired) electrons. The van der Waals surface area contributed by atoms with Crippen molar-refractivity contribution >= 4 is 31.9 Å². The van der Waals surface area contributed by atoms with E-state index in [2.05, 4.69) is 21.2 Å². The number of nitrogens with one attached hydrogen (secondary N) is 1. The molecule has 0 atom stereocenters. The van der Waals surface area contributed by atoms with Crippen LogP contribution in [0.4, 0.5) is 0 Å². The zero-order valence-electron chi connectivity index (χ0n) is 10.9. The molecule has 1 N–H and O–H groups in total. The van der Waals surface area contributed by atoms with Crippen molar-refractivity contribution in [1.82, 2.24) is 9.62 Å². The minimum atomic E-state index is -3.77. The number of halogens is 1. The predicted octanol–water partition coefficient (Wildman–Crippen LogP) is 0.968. The van der Waals surface area contributed by atoms with Crippen LogP contribution in [0.25, 0.3) is 0 Å². The van der Waals surface area contributed by atoms with Gasteiger partial charge in [0.15, 0.2) is 0 Å².